The lowest BCUT2D eigenvalue weighted by Crippen LogP contribution is -2.35. The zero-order valence-electron chi connectivity index (χ0n) is 22.7. The van der Waals surface area contributed by atoms with Gasteiger partial charge in [-0.2, -0.15) is 8.42 Å². The van der Waals surface area contributed by atoms with Crippen LogP contribution in [0.5, 0.6) is 17.2 Å². The number of aryl methyl sites for hydroxylation is 1. The molecule has 39 heavy (non-hydrogen) atoms. The average molecular weight is 547 g/mol. The van der Waals surface area contributed by atoms with Gasteiger partial charge >= 0.3 is 0 Å². The van der Waals surface area contributed by atoms with Crippen molar-refractivity contribution in [1.82, 2.24) is 0 Å². The van der Waals surface area contributed by atoms with E-state index in [2.05, 4.69) is 0 Å². The Bertz CT molecular complexity index is 1320. The van der Waals surface area contributed by atoms with Crippen molar-refractivity contribution < 1.29 is 26.8 Å². The van der Waals surface area contributed by atoms with Gasteiger partial charge in [0, 0.05) is 0 Å². The molecule has 0 aromatic heterocycles. The highest BCUT2D eigenvalue weighted by molar-refractivity contribution is 7.86. The monoisotopic (exact) mass is 546 g/mol. The number of hydrogen-bond donors (Lipinski definition) is 0. The molecule has 204 valence electrons. The molecule has 0 aliphatic heterocycles. The third-order valence-corrected chi connectivity index (χ3v) is 7.58. The highest BCUT2D eigenvalue weighted by Gasteiger charge is 2.43. The van der Waals surface area contributed by atoms with Gasteiger partial charge in [0.2, 0.25) is 0 Å². The molecule has 0 bridgehead atoms. The second kappa shape index (κ2) is 12.4. The molecule has 0 radical (unpaired) electrons. The molecule has 6 nitrogen and oxygen atoms in total. The van der Waals surface area contributed by atoms with Crippen LogP contribution >= 0.6 is 0 Å². The van der Waals surface area contributed by atoms with Crippen LogP contribution in [-0.2, 0) is 19.9 Å². The fourth-order valence-corrected chi connectivity index (χ4v) is 5.60. The minimum absolute atomic E-state index is 0.0697. The van der Waals surface area contributed by atoms with Crippen LogP contribution in [-0.4, -0.2) is 28.2 Å². The van der Waals surface area contributed by atoms with Crippen molar-refractivity contribution in [2.24, 2.45) is 0 Å². The maximum Gasteiger partial charge on any atom is 0.298 e. The van der Waals surface area contributed by atoms with E-state index < -0.39 is 15.7 Å². The van der Waals surface area contributed by atoms with Crippen molar-refractivity contribution >= 4 is 10.1 Å². The fraction of sp³-hybridized carbons (Fsp3) is 0.250. The molecule has 4 aromatic rings. The lowest BCUT2D eigenvalue weighted by molar-refractivity contribution is 0.163. The molecular formula is C32H34O6S. The lowest BCUT2D eigenvalue weighted by Gasteiger charge is -2.35. The van der Waals surface area contributed by atoms with E-state index in [-0.39, 0.29) is 4.90 Å². The van der Waals surface area contributed by atoms with Gasteiger partial charge in [-0.05, 0) is 92.9 Å². The smallest absolute Gasteiger partial charge is 0.298 e. The van der Waals surface area contributed by atoms with Crippen LogP contribution < -0.4 is 14.2 Å². The van der Waals surface area contributed by atoms with Gasteiger partial charge in [0.15, 0.2) is 5.60 Å². The highest BCUT2D eigenvalue weighted by atomic mass is 32.2. The first-order valence-electron chi connectivity index (χ1n) is 13.0. The van der Waals surface area contributed by atoms with Crippen LogP contribution in [0, 0.1) is 6.92 Å². The van der Waals surface area contributed by atoms with Crippen molar-refractivity contribution in [2.75, 3.05) is 19.8 Å². The van der Waals surface area contributed by atoms with Crippen molar-refractivity contribution in [3.63, 3.8) is 0 Å². The highest BCUT2D eigenvalue weighted by Crippen LogP contribution is 2.44. The Balaban J connectivity index is 1.97. The molecule has 0 spiro atoms. The average Bonchev–Trinajstić information content (AvgIpc) is 2.94. The SMILES string of the molecule is CCOc1ccc(C(OS(=O)(=O)c2ccc(C)cc2)(c2ccc(OCC)cc2)c2ccc(OCC)cc2)cc1. The van der Waals surface area contributed by atoms with Crippen LogP contribution in [0.4, 0.5) is 0 Å². The number of ether oxygens (including phenoxy) is 3. The van der Waals surface area contributed by atoms with E-state index in [0.29, 0.717) is 53.8 Å². The molecule has 0 atom stereocenters. The van der Waals surface area contributed by atoms with E-state index in [4.69, 9.17) is 18.4 Å². The molecule has 0 aliphatic rings. The minimum Gasteiger partial charge on any atom is -0.494 e. The summed E-state index contributed by atoms with van der Waals surface area (Å²) >= 11 is 0. The van der Waals surface area contributed by atoms with Crippen LogP contribution in [0.3, 0.4) is 0 Å². The van der Waals surface area contributed by atoms with Crippen LogP contribution in [0.2, 0.25) is 0 Å². The molecule has 0 fully saturated rings. The summed E-state index contributed by atoms with van der Waals surface area (Å²) in [7, 11) is -4.23. The molecule has 0 saturated carbocycles. The minimum atomic E-state index is -4.23. The van der Waals surface area contributed by atoms with Crippen LogP contribution in [0.25, 0.3) is 0 Å². The normalized spacial score (nSPS) is 11.7. The fourth-order valence-electron chi connectivity index (χ4n) is 4.42. The Hall–Kier alpha value is -3.81. The summed E-state index contributed by atoms with van der Waals surface area (Å²) < 4.78 is 51.1. The Labute approximate surface area is 231 Å². The number of rotatable bonds is 12. The summed E-state index contributed by atoms with van der Waals surface area (Å²) in [5, 5.41) is 0. The van der Waals surface area contributed by atoms with Gasteiger partial charge in [0.05, 0.1) is 24.7 Å². The Morgan fingerprint density at radius 3 is 1.18 bits per heavy atom. The molecule has 4 rings (SSSR count). The summed E-state index contributed by atoms with van der Waals surface area (Å²) in [6, 6.07) is 28.5. The first kappa shape index (κ1) is 28.2. The summed E-state index contributed by atoms with van der Waals surface area (Å²) in [4.78, 5) is 0.0697. The molecule has 7 heteroatoms. The van der Waals surface area contributed by atoms with Crippen molar-refractivity contribution in [1.29, 1.82) is 0 Å². The van der Waals surface area contributed by atoms with Gasteiger partial charge in [0.1, 0.15) is 17.2 Å². The quantitative estimate of drug-likeness (QED) is 0.142. The molecule has 4 aromatic carbocycles. The van der Waals surface area contributed by atoms with Crippen molar-refractivity contribution in [3.05, 3.63) is 119 Å². The Kier molecular flexibility index (Phi) is 8.94. The molecule has 0 amide bonds. The van der Waals surface area contributed by atoms with Gasteiger partial charge < -0.3 is 14.2 Å². The van der Waals surface area contributed by atoms with E-state index >= 15 is 0 Å². The van der Waals surface area contributed by atoms with Crippen LogP contribution in [0.1, 0.15) is 43.0 Å². The molecule has 0 N–H and O–H groups in total. The summed E-state index contributed by atoms with van der Waals surface area (Å²) in [6.45, 7) is 9.18. The van der Waals surface area contributed by atoms with Gasteiger partial charge in [-0.3, -0.25) is 0 Å². The first-order chi connectivity index (χ1) is 18.8. The molecule has 0 saturated heterocycles. The lowest BCUT2D eigenvalue weighted by atomic mass is 9.80. The van der Waals surface area contributed by atoms with E-state index in [1.54, 1.807) is 24.3 Å². The first-order valence-corrected chi connectivity index (χ1v) is 14.5. The number of hydrogen-bond acceptors (Lipinski definition) is 6. The van der Waals surface area contributed by atoms with Gasteiger partial charge in [-0.1, -0.05) is 54.1 Å². The summed E-state index contributed by atoms with van der Waals surface area (Å²) in [5.41, 5.74) is 1.29. The van der Waals surface area contributed by atoms with Gasteiger partial charge in [-0.25, -0.2) is 4.18 Å². The van der Waals surface area contributed by atoms with E-state index in [9.17, 15) is 8.42 Å². The zero-order valence-corrected chi connectivity index (χ0v) is 23.5. The maximum absolute atomic E-state index is 13.9. The second-order valence-electron chi connectivity index (χ2n) is 8.90. The molecule has 0 heterocycles. The third kappa shape index (κ3) is 6.27. The Morgan fingerprint density at radius 1 is 0.538 bits per heavy atom. The topological polar surface area (TPSA) is 71.1 Å². The van der Waals surface area contributed by atoms with E-state index in [0.717, 1.165) is 5.56 Å². The molecular weight excluding hydrogens is 512 g/mol. The van der Waals surface area contributed by atoms with Gasteiger partial charge in [0.25, 0.3) is 10.1 Å². The van der Waals surface area contributed by atoms with Crippen LogP contribution in [0.15, 0.2) is 102 Å². The maximum atomic E-state index is 13.9. The predicted octanol–water partition coefficient (Wildman–Crippen LogP) is 6.89. The van der Waals surface area contributed by atoms with Crippen molar-refractivity contribution in [3.8, 4) is 17.2 Å². The van der Waals surface area contributed by atoms with E-state index in [1.807, 2.05) is 100 Å². The van der Waals surface area contributed by atoms with E-state index in [1.165, 1.54) is 0 Å². The van der Waals surface area contributed by atoms with Crippen molar-refractivity contribution in [2.45, 2.75) is 38.2 Å². The molecule has 0 aliphatic carbocycles. The number of benzene rings is 4. The van der Waals surface area contributed by atoms with Gasteiger partial charge in [-0.15, -0.1) is 0 Å². The second-order valence-corrected chi connectivity index (χ2v) is 10.5. The summed E-state index contributed by atoms with van der Waals surface area (Å²) in [5.74, 6) is 2.03. The zero-order chi connectivity index (χ0) is 27.9. The Morgan fingerprint density at radius 2 is 0.872 bits per heavy atom. The third-order valence-electron chi connectivity index (χ3n) is 6.26. The predicted molar refractivity (Wildman–Crippen MR) is 152 cm³/mol. The largest absolute Gasteiger partial charge is 0.494 e. The molecule has 0 unspecified atom stereocenters. The standard InChI is InChI=1S/C32H34O6S/c1-5-35-28-16-10-25(11-17-28)32(26-12-18-29(19-13-26)36-6-2,27-14-20-30(21-15-27)37-7-3)38-39(33,34)31-22-8-24(4)9-23-31/h8-23H,5-7H2,1-4H3. The summed E-state index contributed by atoms with van der Waals surface area (Å²) in [6.07, 6.45) is 0.